The van der Waals surface area contributed by atoms with Crippen molar-refractivity contribution in [3.05, 3.63) is 12.7 Å². The summed E-state index contributed by atoms with van der Waals surface area (Å²) in [6.45, 7) is 3.47. The maximum Gasteiger partial charge on any atom is 0.326 e. The van der Waals surface area contributed by atoms with Crippen LogP contribution in [0.2, 0.25) is 0 Å². The average Bonchev–Trinajstić information content (AvgIpc) is 2.23. The van der Waals surface area contributed by atoms with Gasteiger partial charge >= 0.3 is 5.97 Å². The van der Waals surface area contributed by atoms with E-state index in [1.807, 2.05) is 6.26 Å². The number of carboxylic acids is 1. The second kappa shape index (κ2) is 8.18. The lowest BCUT2D eigenvalue weighted by Gasteiger charge is -2.16. The number of rotatable bonds is 8. The number of nitrogens with one attached hydrogen (secondary N) is 1. The van der Waals surface area contributed by atoms with Crippen LogP contribution in [0.1, 0.15) is 12.8 Å². The maximum absolute atomic E-state index is 11.5. The second-order valence-corrected chi connectivity index (χ2v) is 4.30. The average molecular weight is 246 g/mol. The lowest BCUT2D eigenvalue weighted by molar-refractivity contribution is -0.142. The molecule has 1 unspecified atom stereocenters. The van der Waals surface area contributed by atoms with Gasteiger partial charge in [0.05, 0.1) is 6.04 Å². The molecular formula is C10H18N2O3S. The summed E-state index contributed by atoms with van der Waals surface area (Å²) in [6.07, 6.45) is 4.13. The number of thioether (sulfide) groups is 1. The van der Waals surface area contributed by atoms with Crippen LogP contribution in [-0.2, 0) is 9.59 Å². The van der Waals surface area contributed by atoms with Crippen LogP contribution in [0, 0.1) is 0 Å². The Morgan fingerprint density at radius 1 is 1.62 bits per heavy atom. The fourth-order valence-corrected chi connectivity index (χ4v) is 1.53. The first-order valence-electron chi connectivity index (χ1n) is 4.91. The molecule has 0 saturated carbocycles. The molecule has 0 saturated heterocycles. The van der Waals surface area contributed by atoms with E-state index in [-0.39, 0.29) is 0 Å². The summed E-state index contributed by atoms with van der Waals surface area (Å²) in [5.74, 6) is -0.810. The van der Waals surface area contributed by atoms with E-state index < -0.39 is 24.0 Å². The molecule has 2 atom stereocenters. The number of carbonyl (C=O) groups is 2. The van der Waals surface area contributed by atoms with Crippen molar-refractivity contribution >= 4 is 23.6 Å². The second-order valence-electron chi connectivity index (χ2n) is 3.31. The number of aliphatic carboxylic acids is 1. The van der Waals surface area contributed by atoms with Gasteiger partial charge in [0, 0.05) is 0 Å². The number of carboxylic acid groups (broad SMARTS) is 1. The van der Waals surface area contributed by atoms with Crippen LogP contribution in [0.3, 0.4) is 0 Å². The van der Waals surface area contributed by atoms with Gasteiger partial charge < -0.3 is 16.2 Å². The first-order valence-corrected chi connectivity index (χ1v) is 6.30. The van der Waals surface area contributed by atoms with E-state index in [2.05, 4.69) is 11.9 Å². The van der Waals surface area contributed by atoms with Crippen molar-refractivity contribution in [2.45, 2.75) is 24.9 Å². The Morgan fingerprint density at radius 2 is 2.25 bits per heavy atom. The molecule has 0 aromatic heterocycles. The fourth-order valence-electron chi connectivity index (χ4n) is 1.06. The number of hydrogen-bond donors (Lipinski definition) is 3. The van der Waals surface area contributed by atoms with E-state index >= 15 is 0 Å². The molecule has 0 aliphatic rings. The third-order valence-electron chi connectivity index (χ3n) is 1.98. The molecule has 0 aliphatic carbocycles. The van der Waals surface area contributed by atoms with Gasteiger partial charge in [-0.05, 0) is 24.9 Å². The Hall–Kier alpha value is -1.01. The van der Waals surface area contributed by atoms with Gasteiger partial charge in [0.15, 0.2) is 0 Å². The summed E-state index contributed by atoms with van der Waals surface area (Å²) in [4.78, 5) is 22.3. The van der Waals surface area contributed by atoms with Crippen molar-refractivity contribution in [1.29, 1.82) is 0 Å². The standard InChI is InChI=1S/C10H18N2O3S/c1-3-4-7(11)9(13)12-8(10(14)15)5-6-16-2/h3,7-8H,1,4-6,11H2,2H3,(H,12,13)(H,14,15)/t7?,8-/m1/s1. The minimum Gasteiger partial charge on any atom is -0.480 e. The molecule has 92 valence electrons. The molecule has 1 amide bonds. The van der Waals surface area contributed by atoms with Crippen LogP contribution in [0.5, 0.6) is 0 Å². The Kier molecular flexibility index (Phi) is 7.66. The fraction of sp³-hybridized carbons (Fsp3) is 0.600. The predicted molar refractivity (Wildman–Crippen MR) is 65.4 cm³/mol. The summed E-state index contributed by atoms with van der Waals surface area (Å²) in [7, 11) is 0. The third kappa shape index (κ3) is 5.77. The highest BCUT2D eigenvalue weighted by Crippen LogP contribution is 2.01. The first-order chi connectivity index (χ1) is 7.52. The molecule has 0 radical (unpaired) electrons. The van der Waals surface area contributed by atoms with Crippen molar-refractivity contribution in [1.82, 2.24) is 5.32 Å². The molecule has 6 heteroatoms. The van der Waals surface area contributed by atoms with Crippen LogP contribution in [-0.4, -0.2) is 41.1 Å². The zero-order valence-corrected chi connectivity index (χ0v) is 10.1. The van der Waals surface area contributed by atoms with E-state index in [1.165, 1.54) is 17.8 Å². The Balaban J connectivity index is 4.22. The molecule has 0 aliphatic heterocycles. The monoisotopic (exact) mass is 246 g/mol. The van der Waals surface area contributed by atoms with Crippen molar-refractivity contribution in [2.75, 3.05) is 12.0 Å². The van der Waals surface area contributed by atoms with E-state index in [0.29, 0.717) is 18.6 Å². The molecule has 0 spiro atoms. The van der Waals surface area contributed by atoms with Gasteiger partial charge in [0.25, 0.3) is 0 Å². The SMILES string of the molecule is C=CCC(N)C(=O)N[C@H](CCSC)C(=O)O. The van der Waals surface area contributed by atoms with Gasteiger partial charge in [-0.1, -0.05) is 6.08 Å². The molecule has 0 fully saturated rings. The highest BCUT2D eigenvalue weighted by molar-refractivity contribution is 7.98. The van der Waals surface area contributed by atoms with Gasteiger partial charge in [-0.3, -0.25) is 4.79 Å². The lowest BCUT2D eigenvalue weighted by atomic mass is 10.1. The summed E-state index contributed by atoms with van der Waals surface area (Å²) in [5.41, 5.74) is 5.52. The minimum atomic E-state index is -1.03. The van der Waals surface area contributed by atoms with Crippen molar-refractivity contribution in [3.8, 4) is 0 Å². The molecule has 0 aromatic carbocycles. The third-order valence-corrected chi connectivity index (χ3v) is 2.63. The van der Waals surface area contributed by atoms with Crippen molar-refractivity contribution in [2.24, 2.45) is 5.73 Å². The van der Waals surface area contributed by atoms with E-state index in [4.69, 9.17) is 10.8 Å². The zero-order valence-electron chi connectivity index (χ0n) is 9.31. The zero-order chi connectivity index (χ0) is 12.6. The molecule has 4 N–H and O–H groups in total. The number of carbonyl (C=O) groups excluding carboxylic acids is 1. The van der Waals surface area contributed by atoms with Crippen LogP contribution < -0.4 is 11.1 Å². The topological polar surface area (TPSA) is 92.4 Å². The molecule has 16 heavy (non-hydrogen) atoms. The van der Waals surface area contributed by atoms with Crippen LogP contribution in [0.15, 0.2) is 12.7 Å². The summed E-state index contributed by atoms with van der Waals surface area (Å²) < 4.78 is 0. The molecule has 0 aromatic rings. The number of hydrogen-bond acceptors (Lipinski definition) is 4. The summed E-state index contributed by atoms with van der Waals surface area (Å²) >= 11 is 1.53. The first kappa shape index (κ1) is 15.0. The van der Waals surface area contributed by atoms with E-state index in [9.17, 15) is 9.59 Å². The Labute approximate surface area is 99.5 Å². The summed E-state index contributed by atoms with van der Waals surface area (Å²) in [6, 6.07) is -1.59. The van der Waals surface area contributed by atoms with Crippen LogP contribution in [0.25, 0.3) is 0 Å². The molecule has 0 bridgehead atoms. The normalized spacial score (nSPS) is 13.9. The van der Waals surface area contributed by atoms with E-state index in [0.717, 1.165) is 0 Å². The predicted octanol–water partition coefficient (Wildman–Crippen LogP) is 0.212. The highest BCUT2D eigenvalue weighted by Gasteiger charge is 2.21. The van der Waals surface area contributed by atoms with Gasteiger partial charge in [-0.25, -0.2) is 4.79 Å². The quantitative estimate of drug-likeness (QED) is 0.532. The highest BCUT2D eigenvalue weighted by atomic mass is 32.2. The van der Waals surface area contributed by atoms with Crippen molar-refractivity contribution < 1.29 is 14.7 Å². The van der Waals surface area contributed by atoms with Gasteiger partial charge in [-0.15, -0.1) is 6.58 Å². The van der Waals surface area contributed by atoms with E-state index in [1.54, 1.807) is 0 Å². The molecular weight excluding hydrogens is 228 g/mol. The van der Waals surface area contributed by atoms with Crippen molar-refractivity contribution in [3.63, 3.8) is 0 Å². The largest absolute Gasteiger partial charge is 0.480 e. The Morgan fingerprint density at radius 3 is 2.69 bits per heavy atom. The summed E-state index contributed by atoms with van der Waals surface area (Å²) in [5, 5.41) is 11.3. The van der Waals surface area contributed by atoms with Gasteiger partial charge in [0.1, 0.15) is 6.04 Å². The maximum atomic E-state index is 11.5. The van der Waals surface area contributed by atoms with Gasteiger partial charge in [0.2, 0.25) is 5.91 Å². The number of amides is 1. The Bertz CT molecular complexity index is 258. The number of nitrogens with two attached hydrogens (primary N) is 1. The van der Waals surface area contributed by atoms with Crippen LogP contribution in [0.4, 0.5) is 0 Å². The lowest BCUT2D eigenvalue weighted by Crippen LogP contribution is -2.48. The molecule has 0 rings (SSSR count). The van der Waals surface area contributed by atoms with Gasteiger partial charge in [-0.2, -0.15) is 11.8 Å². The smallest absolute Gasteiger partial charge is 0.326 e. The van der Waals surface area contributed by atoms with Crippen LogP contribution >= 0.6 is 11.8 Å². The molecule has 5 nitrogen and oxygen atoms in total. The minimum absolute atomic E-state index is 0.334. The molecule has 0 heterocycles.